The molecule has 1 aliphatic heterocycles. The van der Waals surface area contributed by atoms with Crippen molar-refractivity contribution in [1.29, 1.82) is 0 Å². The lowest BCUT2D eigenvalue weighted by Gasteiger charge is -2.15. The number of imide groups is 1. The Labute approximate surface area is 137 Å². The Balaban J connectivity index is 2.03. The van der Waals surface area contributed by atoms with Gasteiger partial charge in [-0.05, 0) is 29.8 Å². The lowest BCUT2D eigenvalue weighted by molar-refractivity contribution is -0.121. The number of methoxy groups -OCH3 is 1. The van der Waals surface area contributed by atoms with Crippen molar-refractivity contribution in [3.63, 3.8) is 0 Å². The number of ether oxygens (including phenoxy) is 1. The predicted molar refractivity (Wildman–Crippen MR) is 86.5 cm³/mol. The molecule has 0 spiro atoms. The molecule has 0 unspecified atom stereocenters. The van der Waals surface area contributed by atoms with Crippen LogP contribution in [0, 0.1) is 0 Å². The van der Waals surface area contributed by atoms with E-state index in [0.29, 0.717) is 22.0 Å². The molecule has 0 atom stereocenters. The highest BCUT2D eigenvalue weighted by Gasteiger charge is 2.40. The molecule has 1 N–H and O–H groups in total. The Hall–Kier alpha value is -2.79. The molecule has 0 saturated heterocycles. The summed E-state index contributed by atoms with van der Waals surface area (Å²) in [5.41, 5.74) is 0.708. The third kappa shape index (κ3) is 2.55. The van der Waals surface area contributed by atoms with Crippen LogP contribution in [0.25, 0.3) is 5.57 Å². The molecular weight excluding hydrogens is 318 g/mol. The second-order valence-electron chi connectivity index (χ2n) is 4.88. The molecule has 1 aliphatic rings. The van der Waals surface area contributed by atoms with Crippen molar-refractivity contribution in [3.05, 3.63) is 64.9 Å². The number of halogens is 1. The molecule has 0 bridgehead atoms. The maximum atomic E-state index is 12.6. The maximum Gasteiger partial charge on any atom is 0.301 e. The molecule has 0 fully saturated rings. The van der Waals surface area contributed by atoms with E-state index in [1.807, 2.05) is 0 Å². The fourth-order valence-electron chi connectivity index (χ4n) is 2.38. The zero-order valence-electron chi connectivity index (χ0n) is 12.1. The second-order valence-corrected chi connectivity index (χ2v) is 5.31. The van der Waals surface area contributed by atoms with Crippen molar-refractivity contribution in [3.8, 4) is 5.75 Å². The van der Waals surface area contributed by atoms with E-state index in [0.717, 1.165) is 4.90 Å². The highest BCUT2D eigenvalue weighted by molar-refractivity contribution is 6.45. The highest BCUT2D eigenvalue weighted by atomic mass is 35.5. The molecular formula is C17H12ClNO4. The summed E-state index contributed by atoms with van der Waals surface area (Å²) in [6.45, 7) is 0. The van der Waals surface area contributed by atoms with Gasteiger partial charge in [0, 0.05) is 11.1 Å². The van der Waals surface area contributed by atoms with Crippen LogP contribution in [0.4, 0.5) is 5.69 Å². The molecule has 0 aromatic heterocycles. The first-order valence-electron chi connectivity index (χ1n) is 6.75. The average Bonchev–Trinajstić information content (AvgIpc) is 2.78. The third-order valence-corrected chi connectivity index (χ3v) is 3.76. The van der Waals surface area contributed by atoms with Gasteiger partial charge in [0.25, 0.3) is 5.91 Å². The van der Waals surface area contributed by atoms with Crippen LogP contribution in [-0.4, -0.2) is 24.0 Å². The van der Waals surface area contributed by atoms with Crippen molar-refractivity contribution < 1.29 is 19.4 Å². The number of amides is 2. The Bertz CT molecular complexity index is 827. The number of nitrogens with zero attached hydrogens (tertiary/aromatic N) is 1. The molecule has 6 heteroatoms. The topological polar surface area (TPSA) is 66.8 Å². The number of benzene rings is 2. The first-order valence-corrected chi connectivity index (χ1v) is 7.12. The predicted octanol–water partition coefficient (Wildman–Crippen LogP) is 3.19. The highest BCUT2D eigenvalue weighted by Crippen LogP contribution is 2.33. The summed E-state index contributed by atoms with van der Waals surface area (Å²) in [7, 11) is 1.49. The standard InChI is InChI=1S/C17H12ClNO4/c1-23-13-4-2-3-12(9-13)19-16(21)14(15(20)17(19)22)10-5-7-11(18)8-6-10/h2-9,20H,1H3. The summed E-state index contributed by atoms with van der Waals surface area (Å²) in [4.78, 5) is 25.8. The zero-order chi connectivity index (χ0) is 16.6. The fourth-order valence-corrected chi connectivity index (χ4v) is 2.50. The molecule has 5 nitrogen and oxygen atoms in total. The van der Waals surface area contributed by atoms with Crippen molar-refractivity contribution in [2.45, 2.75) is 0 Å². The fraction of sp³-hybridized carbons (Fsp3) is 0.0588. The van der Waals surface area contributed by atoms with Crippen LogP contribution in [0.3, 0.4) is 0 Å². The SMILES string of the molecule is COc1cccc(N2C(=O)C(O)=C(c3ccc(Cl)cc3)C2=O)c1. The van der Waals surface area contributed by atoms with Gasteiger partial charge in [-0.2, -0.15) is 0 Å². The van der Waals surface area contributed by atoms with Gasteiger partial charge in [0.15, 0.2) is 5.76 Å². The lowest BCUT2D eigenvalue weighted by Crippen LogP contribution is -2.31. The number of carbonyl (C=O) groups is 2. The lowest BCUT2D eigenvalue weighted by atomic mass is 10.1. The molecule has 2 aromatic rings. The van der Waals surface area contributed by atoms with E-state index in [9.17, 15) is 14.7 Å². The van der Waals surface area contributed by atoms with Gasteiger partial charge in [-0.1, -0.05) is 29.8 Å². The number of hydrogen-bond acceptors (Lipinski definition) is 4. The zero-order valence-corrected chi connectivity index (χ0v) is 12.9. The van der Waals surface area contributed by atoms with Gasteiger partial charge >= 0.3 is 5.91 Å². The van der Waals surface area contributed by atoms with Crippen LogP contribution in [0.5, 0.6) is 5.75 Å². The average molecular weight is 330 g/mol. The molecule has 2 aromatic carbocycles. The van der Waals surface area contributed by atoms with Crippen LogP contribution in [0.1, 0.15) is 5.56 Å². The first kappa shape index (κ1) is 15.1. The largest absolute Gasteiger partial charge is 0.502 e. The number of anilines is 1. The quantitative estimate of drug-likeness (QED) is 0.878. The van der Waals surface area contributed by atoms with Gasteiger partial charge in [0.05, 0.1) is 18.4 Å². The van der Waals surface area contributed by atoms with E-state index >= 15 is 0 Å². The van der Waals surface area contributed by atoms with Gasteiger partial charge in [0.1, 0.15) is 5.75 Å². The molecule has 23 heavy (non-hydrogen) atoms. The number of rotatable bonds is 3. The summed E-state index contributed by atoms with van der Waals surface area (Å²) in [5, 5.41) is 10.6. The van der Waals surface area contributed by atoms with Crippen molar-refractivity contribution >= 4 is 34.7 Å². The summed E-state index contributed by atoms with van der Waals surface area (Å²) < 4.78 is 5.10. The van der Waals surface area contributed by atoms with Gasteiger partial charge in [-0.25, -0.2) is 4.90 Å². The number of carbonyl (C=O) groups excluding carboxylic acids is 2. The number of aliphatic hydroxyl groups is 1. The van der Waals surface area contributed by atoms with Gasteiger partial charge < -0.3 is 9.84 Å². The van der Waals surface area contributed by atoms with Crippen LogP contribution in [-0.2, 0) is 9.59 Å². The Morgan fingerprint density at radius 3 is 2.39 bits per heavy atom. The monoisotopic (exact) mass is 329 g/mol. The molecule has 0 radical (unpaired) electrons. The molecule has 0 aliphatic carbocycles. The normalized spacial score (nSPS) is 14.6. The number of aliphatic hydroxyl groups excluding tert-OH is 1. The van der Waals surface area contributed by atoms with E-state index in [1.54, 1.807) is 48.5 Å². The molecule has 3 rings (SSSR count). The Morgan fingerprint density at radius 2 is 1.74 bits per heavy atom. The van der Waals surface area contributed by atoms with E-state index in [-0.39, 0.29) is 5.57 Å². The van der Waals surface area contributed by atoms with Crippen molar-refractivity contribution in [1.82, 2.24) is 0 Å². The molecule has 0 saturated carbocycles. The summed E-state index contributed by atoms with van der Waals surface area (Å²) in [6, 6.07) is 12.8. The molecule has 1 heterocycles. The van der Waals surface area contributed by atoms with Gasteiger partial charge in [-0.15, -0.1) is 0 Å². The van der Waals surface area contributed by atoms with Crippen LogP contribution < -0.4 is 9.64 Å². The number of hydrogen-bond donors (Lipinski definition) is 1. The minimum Gasteiger partial charge on any atom is -0.502 e. The van der Waals surface area contributed by atoms with E-state index in [2.05, 4.69) is 0 Å². The summed E-state index contributed by atoms with van der Waals surface area (Å²) in [6.07, 6.45) is 0. The maximum absolute atomic E-state index is 12.6. The van der Waals surface area contributed by atoms with Crippen LogP contribution >= 0.6 is 11.6 Å². The Morgan fingerprint density at radius 1 is 1.04 bits per heavy atom. The van der Waals surface area contributed by atoms with Crippen molar-refractivity contribution in [2.24, 2.45) is 0 Å². The summed E-state index contributed by atoms with van der Waals surface area (Å²) >= 11 is 5.82. The van der Waals surface area contributed by atoms with Crippen molar-refractivity contribution in [2.75, 3.05) is 12.0 Å². The molecule has 116 valence electrons. The summed E-state index contributed by atoms with van der Waals surface area (Å²) in [5.74, 6) is -1.45. The van der Waals surface area contributed by atoms with E-state index in [4.69, 9.17) is 16.3 Å². The second kappa shape index (κ2) is 5.78. The van der Waals surface area contributed by atoms with Gasteiger partial charge in [-0.3, -0.25) is 9.59 Å². The van der Waals surface area contributed by atoms with Crippen LogP contribution in [0.15, 0.2) is 54.3 Å². The Kier molecular flexibility index (Phi) is 3.80. The van der Waals surface area contributed by atoms with Crippen LogP contribution in [0.2, 0.25) is 5.02 Å². The minimum atomic E-state index is -0.770. The van der Waals surface area contributed by atoms with E-state index < -0.39 is 17.6 Å². The molecule has 2 amide bonds. The van der Waals surface area contributed by atoms with E-state index in [1.165, 1.54) is 7.11 Å². The third-order valence-electron chi connectivity index (χ3n) is 3.50. The first-order chi connectivity index (χ1) is 11.0. The van der Waals surface area contributed by atoms with Gasteiger partial charge in [0.2, 0.25) is 0 Å². The smallest absolute Gasteiger partial charge is 0.301 e. The minimum absolute atomic E-state index is 0.0468.